The van der Waals surface area contributed by atoms with E-state index in [0.717, 1.165) is 5.56 Å². The van der Waals surface area contributed by atoms with Gasteiger partial charge in [-0.05, 0) is 24.3 Å². The van der Waals surface area contributed by atoms with Gasteiger partial charge in [0.2, 0.25) is 15.9 Å². The molecular weight excluding hydrogens is 476 g/mol. The summed E-state index contributed by atoms with van der Waals surface area (Å²) in [6.45, 7) is -0.744. The molecule has 0 saturated heterocycles. The van der Waals surface area contributed by atoms with Crippen LogP contribution in [-0.4, -0.2) is 31.8 Å². The van der Waals surface area contributed by atoms with Gasteiger partial charge in [0.1, 0.15) is 6.61 Å². The van der Waals surface area contributed by atoms with E-state index in [2.05, 4.69) is 10.2 Å². The zero-order valence-electron chi connectivity index (χ0n) is 16.5. The fourth-order valence-electron chi connectivity index (χ4n) is 2.66. The highest BCUT2D eigenvalue weighted by molar-refractivity contribution is 7.89. The third-order valence-corrected chi connectivity index (χ3v) is 5.67. The number of benzene rings is 2. The molecule has 2 aromatic carbocycles. The fourth-order valence-corrected chi connectivity index (χ4v) is 3.74. The van der Waals surface area contributed by atoms with E-state index in [-0.39, 0.29) is 30.7 Å². The molecule has 33 heavy (non-hydrogen) atoms. The summed E-state index contributed by atoms with van der Waals surface area (Å²) in [5, 5.41) is 7.79. The Labute approximate surface area is 184 Å². The summed E-state index contributed by atoms with van der Waals surface area (Å²) < 4.78 is 109. The Balaban J connectivity index is 1.65. The maximum atomic E-state index is 12.9. The van der Waals surface area contributed by atoms with E-state index in [0.29, 0.717) is 5.69 Å². The van der Waals surface area contributed by atoms with Gasteiger partial charge in [0.05, 0.1) is 21.7 Å². The van der Waals surface area contributed by atoms with Crippen LogP contribution in [0.2, 0.25) is 0 Å². The van der Waals surface area contributed by atoms with E-state index >= 15 is 0 Å². The molecular formula is C20H15F6N3O3S. The Morgan fingerprint density at radius 1 is 0.818 bits per heavy atom. The number of rotatable bonds is 7. The fraction of sp³-hybridized carbons (Fsp3) is 0.200. The van der Waals surface area contributed by atoms with Gasteiger partial charge in [0.25, 0.3) is 0 Å². The first kappa shape index (κ1) is 24.5. The third kappa shape index (κ3) is 6.42. The first-order valence-corrected chi connectivity index (χ1v) is 10.7. The largest absolute Gasteiger partial charge is 0.475 e. The van der Waals surface area contributed by atoms with E-state index in [9.17, 15) is 34.8 Å². The first-order valence-electron chi connectivity index (χ1n) is 9.17. The molecule has 3 rings (SSSR count). The number of nitrogens with zero attached hydrogens (tertiary/aromatic N) is 2. The predicted octanol–water partition coefficient (Wildman–Crippen LogP) is 4.54. The van der Waals surface area contributed by atoms with Gasteiger partial charge in [-0.15, -0.1) is 10.2 Å². The summed E-state index contributed by atoms with van der Waals surface area (Å²) in [5.41, 5.74) is -2.09. The molecule has 0 aliphatic carbocycles. The van der Waals surface area contributed by atoms with Crippen molar-refractivity contribution in [2.45, 2.75) is 17.2 Å². The van der Waals surface area contributed by atoms with Crippen LogP contribution in [0.3, 0.4) is 0 Å². The highest BCUT2D eigenvalue weighted by Gasteiger charge is 2.38. The van der Waals surface area contributed by atoms with Crippen molar-refractivity contribution in [3.63, 3.8) is 0 Å². The van der Waals surface area contributed by atoms with Crippen molar-refractivity contribution in [1.29, 1.82) is 0 Å². The first-order chi connectivity index (χ1) is 15.4. The number of hydrogen-bond donors (Lipinski definition) is 1. The minimum Gasteiger partial charge on any atom is -0.475 e. The monoisotopic (exact) mass is 491 g/mol. The molecule has 176 valence electrons. The van der Waals surface area contributed by atoms with Crippen molar-refractivity contribution >= 4 is 10.0 Å². The van der Waals surface area contributed by atoms with Crippen LogP contribution >= 0.6 is 0 Å². The number of halogens is 6. The van der Waals surface area contributed by atoms with Gasteiger partial charge in [0, 0.05) is 18.2 Å². The Bertz CT molecular complexity index is 1170. The lowest BCUT2D eigenvalue weighted by Crippen LogP contribution is -2.29. The Kier molecular flexibility index (Phi) is 6.93. The topological polar surface area (TPSA) is 81.2 Å². The minimum absolute atomic E-state index is 0.0484. The highest BCUT2D eigenvalue weighted by atomic mass is 32.2. The van der Waals surface area contributed by atoms with Gasteiger partial charge >= 0.3 is 12.4 Å². The Morgan fingerprint density at radius 3 is 1.94 bits per heavy atom. The number of hydrogen-bond acceptors (Lipinski definition) is 5. The van der Waals surface area contributed by atoms with Crippen LogP contribution in [0, 0.1) is 0 Å². The van der Waals surface area contributed by atoms with Gasteiger partial charge in [0.15, 0.2) is 0 Å². The zero-order chi connectivity index (χ0) is 24.3. The lowest BCUT2D eigenvalue weighted by atomic mass is 10.1. The van der Waals surface area contributed by atoms with E-state index < -0.39 is 44.9 Å². The number of sulfonamides is 1. The summed E-state index contributed by atoms with van der Waals surface area (Å²) in [6, 6.07) is 12.3. The number of aromatic nitrogens is 2. The average Bonchev–Trinajstić information content (AvgIpc) is 2.76. The second kappa shape index (κ2) is 9.35. The van der Waals surface area contributed by atoms with Crippen molar-refractivity contribution in [3.05, 3.63) is 71.8 Å². The smallest absolute Gasteiger partial charge is 0.416 e. The minimum atomic E-state index is -5.17. The van der Waals surface area contributed by atoms with Gasteiger partial charge in [-0.1, -0.05) is 30.3 Å². The van der Waals surface area contributed by atoms with Crippen LogP contribution in [0.25, 0.3) is 11.3 Å². The highest BCUT2D eigenvalue weighted by Crippen LogP contribution is 2.37. The molecule has 0 aliphatic rings. The van der Waals surface area contributed by atoms with Crippen molar-refractivity contribution in [2.75, 3.05) is 13.2 Å². The quantitative estimate of drug-likeness (QED) is 0.388. The molecule has 0 amide bonds. The zero-order valence-corrected chi connectivity index (χ0v) is 17.3. The van der Waals surface area contributed by atoms with E-state index in [4.69, 9.17) is 4.74 Å². The van der Waals surface area contributed by atoms with Crippen molar-refractivity contribution in [1.82, 2.24) is 14.9 Å². The van der Waals surface area contributed by atoms with E-state index in [1.165, 1.54) is 6.07 Å². The van der Waals surface area contributed by atoms with E-state index in [1.807, 2.05) is 35.1 Å². The normalized spacial score (nSPS) is 12.5. The molecule has 0 unspecified atom stereocenters. The SMILES string of the molecule is O=S(=O)(NCCOc1ccc(-c2ccccc2)nn1)c1cc(C(F)(F)F)cc(C(F)(F)F)c1. The van der Waals surface area contributed by atoms with Crippen molar-refractivity contribution in [3.8, 4) is 17.1 Å². The molecule has 0 fully saturated rings. The maximum Gasteiger partial charge on any atom is 0.416 e. The predicted molar refractivity (Wildman–Crippen MR) is 105 cm³/mol. The molecule has 0 spiro atoms. The van der Waals surface area contributed by atoms with Crippen LogP contribution in [0.5, 0.6) is 5.88 Å². The molecule has 0 aliphatic heterocycles. The second-order valence-corrected chi connectivity index (χ2v) is 8.38. The summed E-state index contributed by atoms with van der Waals surface area (Å²) >= 11 is 0. The molecule has 6 nitrogen and oxygen atoms in total. The van der Waals surface area contributed by atoms with Gasteiger partial charge in [-0.25, -0.2) is 13.1 Å². The summed E-state index contributed by atoms with van der Waals surface area (Å²) in [7, 11) is -4.69. The van der Waals surface area contributed by atoms with Gasteiger partial charge in [-0.2, -0.15) is 26.3 Å². The standard InChI is InChI=1S/C20H15F6N3O3S/c21-19(22,23)14-10-15(20(24,25)26)12-16(11-14)33(30,31)27-8-9-32-18-7-6-17(28-29-18)13-4-2-1-3-5-13/h1-7,10-12,27H,8-9H2. The van der Waals surface area contributed by atoms with Gasteiger partial charge in [-0.3, -0.25) is 0 Å². The molecule has 3 aromatic rings. The maximum absolute atomic E-state index is 12.9. The number of alkyl halides is 6. The number of nitrogens with one attached hydrogen (secondary N) is 1. The van der Waals surface area contributed by atoms with Crippen LogP contribution < -0.4 is 9.46 Å². The lowest BCUT2D eigenvalue weighted by Gasteiger charge is -2.15. The molecule has 0 atom stereocenters. The summed E-state index contributed by atoms with van der Waals surface area (Å²) in [4.78, 5) is -1.17. The van der Waals surface area contributed by atoms with Crippen molar-refractivity contribution in [2.24, 2.45) is 0 Å². The van der Waals surface area contributed by atoms with Crippen LogP contribution in [-0.2, 0) is 22.4 Å². The van der Waals surface area contributed by atoms with E-state index in [1.54, 1.807) is 6.07 Å². The molecule has 1 N–H and O–H groups in total. The molecule has 1 aromatic heterocycles. The summed E-state index contributed by atoms with van der Waals surface area (Å²) in [5.74, 6) is 0.0484. The second-order valence-electron chi connectivity index (χ2n) is 6.61. The molecule has 1 heterocycles. The average molecular weight is 491 g/mol. The Hall–Kier alpha value is -3.19. The number of ether oxygens (including phenoxy) is 1. The molecule has 0 radical (unpaired) electrons. The third-order valence-electron chi connectivity index (χ3n) is 4.23. The van der Waals surface area contributed by atoms with Crippen LogP contribution in [0.4, 0.5) is 26.3 Å². The summed E-state index contributed by atoms with van der Waals surface area (Å²) in [6.07, 6.45) is -10.3. The van der Waals surface area contributed by atoms with Crippen LogP contribution in [0.1, 0.15) is 11.1 Å². The molecule has 0 saturated carbocycles. The molecule has 13 heteroatoms. The van der Waals surface area contributed by atoms with Crippen LogP contribution in [0.15, 0.2) is 65.6 Å². The van der Waals surface area contributed by atoms with Crippen molar-refractivity contribution < 1.29 is 39.5 Å². The molecule has 0 bridgehead atoms. The Morgan fingerprint density at radius 2 is 1.42 bits per heavy atom. The lowest BCUT2D eigenvalue weighted by molar-refractivity contribution is -0.143. The van der Waals surface area contributed by atoms with Gasteiger partial charge < -0.3 is 4.74 Å².